The molecule has 5 atom stereocenters. The summed E-state index contributed by atoms with van der Waals surface area (Å²) in [5.41, 5.74) is 1.52. The number of thioether (sulfide) groups is 1. The fourth-order valence-corrected chi connectivity index (χ4v) is 8.81. The Hall–Kier alpha value is -2.55. The number of para-hydroxylation sites is 1. The van der Waals surface area contributed by atoms with Crippen molar-refractivity contribution in [1.29, 1.82) is 0 Å². The van der Waals surface area contributed by atoms with Crippen molar-refractivity contribution in [2.45, 2.75) is 61.1 Å². The SMILES string of the molecule is O=C(Nc1ccccc1Cl)C1N(CCCCCCO)C(=O)[C@@H]2[C@H](C(=O)NCc3ccccc3)[C@@H]3CCC12S3. The van der Waals surface area contributed by atoms with E-state index in [1.54, 1.807) is 34.9 Å². The van der Waals surface area contributed by atoms with Crippen LogP contribution in [0.4, 0.5) is 5.69 Å². The number of benzene rings is 2. The number of carbonyl (C=O) groups excluding carboxylic acids is 3. The molecule has 2 aromatic carbocycles. The van der Waals surface area contributed by atoms with Gasteiger partial charge in [-0.2, -0.15) is 0 Å². The number of hydrogen-bond acceptors (Lipinski definition) is 5. The molecular formula is C29H34ClN3O4S. The fraction of sp³-hybridized carbons (Fsp3) is 0.483. The maximum absolute atomic E-state index is 14.0. The van der Waals surface area contributed by atoms with Crippen molar-refractivity contribution >= 4 is 46.8 Å². The molecule has 2 bridgehead atoms. The first-order valence-corrected chi connectivity index (χ1v) is 14.7. The normalized spacial score (nSPS) is 27.4. The van der Waals surface area contributed by atoms with Crippen molar-refractivity contribution in [2.24, 2.45) is 11.8 Å². The van der Waals surface area contributed by atoms with Gasteiger partial charge in [0.1, 0.15) is 6.04 Å². The number of unbranched alkanes of at least 4 members (excludes halogenated alkanes) is 3. The lowest BCUT2D eigenvalue weighted by Gasteiger charge is -2.34. The first kappa shape index (κ1) is 27.0. The Balaban J connectivity index is 1.39. The van der Waals surface area contributed by atoms with E-state index in [1.807, 2.05) is 36.4 Å². The number of carbonyl (C=O) groups is 3. The summed E-state index contributed by atoms with van der Waals surface area (Å²) in [7, 11) is 0. The highest BCUT2D eigenvalue weighted by molar-refractivity contribution is 8.02. The molecule has 9 heteroatoms. The molecule has 3 saturated heterocycles. The molecule has 0 aliphatic carbocycles. The molecule has 3 heterocycles. The van der Waals surface area contributed by atoms with Crippen LogP contribution in [0.5, 0.6) is 0 Å². The van der Waals surface area contributed by atoms with E-state index >= 15 is 0 Å². The van der Waals surface area contributed by atoms with Crippen molar-refractivity contribution < 1.29 is 19.5 Å². The van der Waals surface area contributed by atoms with Crippen LogP contribution in [0.2, 0.25) is 5.02 Å². The molecule has 38 heavy (non-hydrogen) atoms. The number of anilines is 1. The number of hydrogen-bond donors (Lipinski definition) is 3. The third kappa shape index (κ3) is 5.06. The van der Waals surface area contributed by atoms with Gasteiger partial charge in [-0.15, -0.1) is 11.8 Å². The minimum absolute atomic E-state index is 0.0158. The Morgan fingerprint density at radius 3 is 2.53 bits per heavy atom. The summed E-state index contributed by atoms with van der Waals surface area (Å²) in [6.45, 7) is 1.01. The molecule has 3 amide bonds. The van der Waals surface area contributed by atoms with Gasteiger partial charge in [0.2, 0.25) is 17.7 Å². The van der Waals surface area contributed by atoms with Gasteiger partial charge in [-0.1, -0.05) is 66.9 Å². The van der Waals surface area contributed by atoms with Crippen LogP contribution in [0, 0.1) is 11.8 Å². The van der Waals surface area contributed by atoms with Crippen LogP contribution in [-0.4, -0.2) is 56.9 Å². The zero-order valence-corrected chi connectivity index (χ0v) is 22.8. The van der Waals surface area contributed by atoms with E-state index in [4.69, 9.17) is 16.7 Å². The quantitative estimate of drug-likeness (QED) is 0.360. The first-order valence-electron chi connectivity index (χ1n) is 13.4. The van der Waals surface area contributed by atoms with Crippen LogP contribution in [0.3, 0.4) is 0 Å². The maximum Gasteiger partial charge on any atom is 0.248 e. The summed E-state index contributed by atoms with van der Waals surface area (Å²) < 4.78 is -0.632. The van der Waals surface area contributed by atoms with Crippen molar-refractivity contribution in [2.75, 3.05) is 18.5 Å². The minimum Gasteiger partial charge on any atom is -0.396 e. The molecule has 1 spiro atoms. The van der Waals surface area contributed by atoms with Gasteiger partial charge in [0, 0.05) is 24.9 Å². The summed E-state index contributed by atoms with van der Waals surface area (Å²) in [5, 5.41) is 15.6. The van der Waals surface area contributed by atoms with Crippen LogP contribution in [0.1, 0.15) is 44.1 Å². The molecule has 2 aromatic rings. The molecule has 3 aliphatic heterocycles. The number of halogens is 1. The van der Waals surface area contributed by atoms with Gasteiger partial charge in [-0.05, 0) is 43.4 Å². The van der Waals surface area contributed by atoms with E-state index in [1.165, 1.54) is 0 Å². The summed E-state index contributed by atoms with van der Waals surface area (Å²) in [6, 6.07) is 16.2. The highest BCUT2D eigenvalue weighted by Gasteiger charge is 2.73. The zero-order chi connectivity index (χ0) is 26.7. The second-order valence-corrected chi connectivity index (χ2v) is 12.4. The van der Waals surface area contributed by atoms with Crippen LogP contribution in [0.15, 0.2) is 54.6 Å². The van der Waals surface area contributed by atoms with E-state index < -0.39 is 22.6 Å². The van der Waals surface area contributed by atoms with Gasteiger partial charge in [0.15, 0.2) is 0 Å². The first-order chi connectivity index (χ1) is 18.5. The number of likely N-dealkylation sites (tertiary alicyclic amines) is 1. The van der Waals surface area contributed by atoms with Gasteiger partial charge in [0.25, 0.3) is 0 Å². The summed E-state index contributed by atoms with van der Waals surface area (Å²) in [5.74, 6) is -1.44. The van der Waals surface area contributed by atoms with Crippen LogP contribution in [-0.2, 0) is 20.9 Å². The Morgan fingerprint density at radius 1 is 1.03 bits per heavy atom. The predicted molar refractivity (Wildman–Crippen MR) is 150 cm³/mol. The number of nitrogens with zero attached hydrogens (tertiary/aromatic N) is 1. The summed E-state index contributed by atoms with van der Waals surface area (Å²) in [4.78, 5) is 43.1. The van der Waals surface area contributed by atoms with Crippen LogP contribution >= 0.6 is 23.4 Å². The fourth-order valence-electron chi connectivity index (χ4n) is 6.41. The minimum atomic E-state index is -0.670. The van der Waals surface area contributed by atoms with Crippen molar-refractivity contribution in [3.8, 4) is 0 Å². The average Bonchev–Trinajstić information content (AvgIpc) is 3.56. The lowest BCUT2D eigenvalue weighted by molar-refractivity contribution is -0.139. The topological polar surface area (TPSA) is 98.7 Å². The van der Waals surface area contributed by atoms with Gasteiger partial charge < -0.3 is 20.6 Å². The molecule has 3 fully saturated rings. The lowest BCUT2D eigenvalue weighted by Crippen LogP contribution is -2.51. The second kappa shape index (κ2) is 11.7. The van der Waals surface area contributed by atoms with Crippen molar-refractivity contribution in [1.82, 2.24) is 10.2 Å². The number of amides is 3. The molecular weight excluding hydrogens is 522 g/mol. The van der Waals surface area contributed by atoms with Crippen LogP contribution in [0.25, 0.3) is 0 Å². The highest BCUT2D eigenvalue weighted by atomic mass is 35.5. The number of aliphatic hydroxyl groups excluding tert-OH is 1. The smallest absolute Gasteiger partial charge is 0.248 e. The van der Waals surface area contributed by atoms with E-state index in [0.717, 1.165) is 44.1 Å². The predicted octanol–water partition coefficient (Wildman–Crippen LogP) is 4.24. The van der Waals surface area contributed by atoms with E-state index in [-0.39, 0.29) is 29.6 Å². The maximum atomic E-state index is 14.0. The van der Waals surface area contributed by atoms with E-state index in [9.17, 15) is 14.4 Å². The average molecular weight is 556 g/mol. The molecule has 0 aromatic heterocycles. The Morgan fingerprint density at radius 2 is 1.76 bits per heavy atom. The summed E-state index contributed by atoms with van der Waals surface area (Å²) in [6.07, 6.45) is 4.71. The summed E-state index contributed by atoms with van der Waals surface area (Å²) >= 11 is 8.00. The second-order valence-electron chi connectivity index (χ2n) is 10.4. The molecule has 3 aliphatic rings. The molecule has 2 unspecified atom stereocenters. The monoisotopic (exact) mass is 555 g/mol. The van der Waals surface area contributed by atoms with Gasteiger partial charge in [0.05, 0.1) is 27.3 Å². The lowest BCUT2D eigenvalue weighted by atomic mass is 9.70. The van der Waals surface area contributed by atoms with E-state index in [0.29, 0.717) is 23.8 Å². The Bertz CT molecular complexity index is 1180. The third-order valence-corrected chi connectivity index (χ3v) is 10.4. The zero-order valence-electron chi connectivity index (χ0n) is 21.3. The number of fused-ring (bicyclic) bond motifs is 1. The third-order valence-electron chi connectivity index (χ3n) is 8.10. The molecule has 5 rings (SSSR count). The molecule has 202 valence electrons. The van der Waals surface area contributed by atoms with Gasteiger partial charge in [-0.25, -0.2) is 0 Å². The molecule has 0 saturated carbocycles. The Kier molecular flexibility index (Phi) is 8.31. The largest absolute Gasteiger partial charge is 0.396 e. The highest BCUT2D eigenvalue weighted by Crippen LogP contribution is 2.66. The van der Waals surface area contributed by atoms with Gasteiger partial charge >= 0.3 is 0 Å². The van der Waals surface area contributed by atoms with Gasteiger partial charge in [-0.3, -0.25) is 14.4 Å². The molecule has 3 N–H and O–H groups in total. The number of nitrogens with one attached hydrogen (secondary N) is 2. The number of aliphatic hydroxyl groups is 1. The van der Waals surface area contributed by atoms with Crippen molar-refractivity contribution in [3.05, 3.63) is 65.2 Å². The standard InChI is InChI=1S/C29H34ClN3O4S/c30-20-12-6-7-13-21(20)32-27(36)25-29-15-14-22(38-29)23(26(35)31-18-19-10-4-3-5-11-19)24(29)28(37)33(25)16-8-1-2-9-17-34/h3-7,10-13,22-25,34H,1-2,8-9,14-18H2,(H,31,35)(H,32,36)/t22-,23+,24-,25?,29?/m0/s1. The van der Waals surface area contributed by atoms with Crippen molar-refractivity contribution in [3.63, 3.8) is 0 Å². The number of rotatable bonds is 11. The molecule has 0 radical (unpaired) electrons. The van der Waals surface area contributed by atoms with Crippen LogP contribution < -0.4 is 10.6 Å². The Labute approximate surface area is 232 Å². The molecule has 7 nitrogen and oxygen atoms in total. The van der Waals surface area contributed by atoms with E-state index in [2.05, 4.69) is 10.6 Å².